The number of para-hydroxylation sites is 1. The van der Waals surface area contributed by atoms with E-state index in [2.05, 4.69) is 0 Å². The number of carbonyl (C=O) groups is 1. The van der Waals surface area contributed by atoms with E-state index in [1.165, 1.54) is 6.92 Å². The minimum atomic E-state index is -0.643. The second kappa shape index (κ2) is 8.68. The largest absolute Gasteiger partial charge is 0.490 e. The summed E-state index contributed by atoms with van der Waals surface area (Å²) in [4.78, 5) is 11.4. The van der Waals surface area contributed by atoms with Crippen LogP contribution in [-0.4, -0.2) is 47.9 Å². The van der Waals surface area contributed by atoms with Crippen molar-refractivity contribution < 1.29 is 25.1 Å². The zero-order valence-corrected chi connectivity index (χ0v) is 12.1. The first-order valence-electron chi connectivity index (χ1n) is 6.93. The van der Waals surface area contributed by atoms with Crippen LogP contribution in [0.25, 0.3) is 0 Å². The Morgan fingerprint density at radius 2 is 2.10 bits per heavy atom. The van der Waals surface area contributed by atoms with Gasteiger partial charge in [-0.2, -0.15) is 0 Å². The summed E-state index contributed by atoms with van der Waals surface area (Å²) >= 11 is 0. The van der Waals surface area contributed by atoms with Crippen molar-refractivity contribution >= 4 is 5.78 Å². The van der Waals surface area contributed by atoms with Gasteiger partial charge in [0, 0.05) is 0 Å². The summed E-state index contributed by atoms with van der Waals surface area (Å²) in [5.41, 5.74) is 0.519. The van der Waals surface area contributed by atoms with Crippen LogP contribution in [0.2, 0.25) is 0 Å². The number of ether oxygens (including phenoxy) is 1. The summed E-state index contributed by atoms with van der Waals surface area (Å²) in [5.74, 6) is 0.432. The number of nitrogens with two attached hydrogens (primary N) is 1. The van der Waals surface area contributed by atoms with Gasteiger partial charge in [-0.1, -0.05) is 19.1 Å². The van der Waals surface area contributed by atoms with Crippen molar-refractivity contribution in [3.8, 4) is 5.75 Å². The van der Waals surface area contributed by atoms with Gasteiger partial charge in [0.05, 0.1) is 12.2 Å². The van der Waals surface area contributed by atoms with Crippen molar-refractivity contribution in [3.63, 3.8) is 0 Å². The van der Waals surface area contributed by atoms with Crippen molar-refractivity contribution in [1.82, 2.24) is 0 Å². The summed E-state index contributed by atoms with van der Waals surface area (Å²) in [7, 11) is 0. The molecule has 0 aromatic heterocycles. The van der Waals surface area contributed by atoms with Gasteiger partial charge in [-0.3, -0.25) is 4.79 Å². The first-order valence-corrected chi connectivity index (χ1v) is 6.93. The standard InChI is InChI=1S/C15H23NO4/c1-3-12(9-17)16-8-13(19)10-20-15-7-5-4-6-14(15)11(2)18/h4-7,12-13,16-17,19H,3,8-10H2,1-2H3/p+1/t12-,13-/m1/s1. The maximum absolute atomic E-state index is 11.4. The van der Waals surface area contributed by atoms with Gasteiger partial charge >= 0.3 is 0 Å². The summed E-state index contributed by atoms with van der Waals surface area (Å²) in [6.45, 7) is 4.16. The number of rotatable bonds is 9. The highest BCUT2D eigenvalue weighted by Crippen LogP contribution is 2.18. The van der Waals surface area contributed by atoms with E-state index in [9.17, 15) is 9.90 Å². The lowest BCUT2D eigenvalue weighted by Crippen LogP contribution is -2.92. The molecule has 0 amide bonds. The minimum Gasteiger partial charge on any atom is -0.490 e. The number of hydrogen-bond acceptors (Lipinski definition) is 4. The van der Waals surface area contributed by atoms with E-state index in [1.54, 1.807) is 24.3 Å². The molecule has 0 unspecified atom stereocenters. The van der Waals surface area contributed by atoms with Crippen molar-refractivity contribution in [2.75, 3.05) is 19.8 Å². The Balaban J connectivity index is 2.45. The minimum absolute atomic E-state index is 0.0621. The molecule has 5 heteroatoms. The number of ketones is 1. The van der Waals surface area contributed by atoms with Gasteiger partial charge < -0.3 is 20.3 Å². The molecule has 20 heavy (non-hydrogen) atoms. The molecule has 0 saturated heterocycles. The summed E-state index contributed by atoms with van der Waals surface area (Å²) in [6, 6.07) is 7.10. The SMILES string of the molecule is CC[C@H](CO)[NH2+]C[C@@H](O)COc1ccccc1C(C)=O. The average molecular weight is 282 g/mol. The first-order chi connectivity index (χ1) is 9.58. The Bertz CT molecular complexity index is 418. The normalized spacial score (nSPS) is 13.8. The number of Topliss-reactive ketones (excluding diaryl/α,β-unsaturated/α-hetero) is 1. The van der Waals surface area contributed by atoms with E-state index in [1.807, 2.05) is 12.2 Å². The fraction of sp³-hybridized carbons (Fsp3) is 0.533. The maximum Gasteiger partial charge on any atom is 0.163 e. The average Bonchev–Trinajstić information content (AvgIpc) is 2.46. The van der Waals surface area contributed by atoms with Gasteiger partial charge in [0.1, 0.15) is 31.0 Å². The third kappa shape index (κ3) is 5.28. The lowest BCUT2D eigenvalue weighted by atomic mass is 10.1. The van der Waals surface area contributed by atoms with Crippen molar-refractivity contribution in [2.24, 2.45) is 0 Å². The molecule has 5 nitrogen and oxygen atoms in total. The van der Waals surface area contributed by atoms with E-state index >= 15 is 0 Å². The van der Waals surface area contributed by atoms with Crippen LogP contribution in [-0.2, 0) is 0 Å². The quantitative estimate of drug-likeness (QED) is 0.555. The topological polar surface area (TPSA) is 83.4 Å². The number of quaternary nitrogens is 1. The fourth-order valence-corrected chi connectivity index (χ4v) is 1.86. The molecule has 4 N–H and O–H groups in total. The van der Waals surface area contributed by atoms with Crippen LogP contribution in [0.5, 0.6) is 5.75 Å². The second-order valence-electron chi connectivity index (χ2n) is 4.84. The van der Waals surface area contributed by atoms with E-state index in [-0.39, 0.29) is 25.0 Å². The van der Waals surface area contributed by atoms with Crippen molar-refractivity contribution in [1.29, 1.82) is 0 Å². The Morgan fingerprint density at radius 1 is 1.40 bits per heavy atom. The van der Waals surface area contributed by atoms with Crippen LogP contribution >= 0.6 is 0 Å². The molecular weight excluding hydrogens is 258 g/mol. The Kier molecular flexibility index (Phi) is 7.22. The molecule has 0 bridgehead atoms. The molecule has 0 aliphatic carbocycles. The number of aliphatic hydroxyl groups excluding tert-OH is 2. The predicted octanol–water partition coefficient (Wildman–Crippen LogP) is -0.0368. The summed E-state index contributed by atoms with van der Waals surface area (Å²) in [5, 5.41) is 20.8. The molecule has 1 aromatic rings. The predicted molar refractivity (Wildman–Crippen MR) is 75.9 cm³/mol. The number of benzene rings is 1. The third-order valence-corrected chi connectivity index (χ3v) is 3.20. The lowest BCUT2D eigenvalue weighted by molar-refractivity contribution is -0.696. The highest BCUT2D eigenvalue weighted by Gasteiger charge is 2.14. The third-order valence-electron chi connectivity index (χ3n) is 3.20. The van der Waals surface area contributed by atoms with Crippen LogP contribution in [0.1, 0.15) is 30.6 Å². The van der Waals surface area contributed by atoms with Gasteiger partial charge in [-0.05, 0) is 25.5 Å². The van der Waals surface area contributed by atoms with Crippen LogP contribution in [0.4, 0.5) is 0 Å². The molecule has 0 radical (unpaired) electrons. The summed E-state index contributed by atoms with van der Waals surface area (Å²) < 4.78 is 5.51. The molecule has 0 aliphatic rings. The van der Waals surface area contributed by atoms with E-state index in [0.29, 0.717) is 17.9 Å². The Labute approximate surface area is 119 Å². The lowest BCUT2D eigenvalue weighted by Gasteiger charge is -2.16. The molecule has 1 rings (SSSR count). The molecule has 112 valence electrons. The van der Waals surface area contributed by atoms with Gasteiger partial charge in [-0.25, -0.2) is 0 Å². The molecule has 1 aromatic carbocycles. The van der Waals surface area contributed by atoms with E-state index in [0.717, 1.165) is 6.42 Å². The van der Waals surface area contributed by atoms with Crippen LogP contribution in [0.15, 0.2) is 24.3 Å². The van der Waals surface area contributed by atoms with Crippen molar-refractivity contribution in [3.05, 3.63) is 29.8 Å². The highest BCUT2D eigenvalue weighted by atomic mass is 16.5. The molecular formula is C15H24NO4+. The van der Waals surface area contributed by atoms with Gasteiger partial charge in [0.25, 0.3) is 0 Å². The van der Waals surface area contributed by atoms with Gasteiger partial charge in [0.2, 0.25) is 0 Å². The Morgan fingerprint density at radius 3 is 2.70 bits per heavy atom. The monoisotopic (exact) mass is 282 g/mol. The summed E-state index contributed by atoms with van der Waals surface area (Å²) in [6.07, 6.45) is 0.202. The number of hydrogen-bond donors (Lipinski definition) is 3. The molecule has 0 heterocycles. The van der Waals surface area contributed by atoms with Crippen LogP contribution in [0.3, 0.4) is 0 Å². The number of carbonyl (C=O) groups excluding carboxylic acids is 1. The second-order valence-corrected chi connectivity index (χ2v) is 4.84. The Hall–Kier alpha value is -1.43. The molecule has 0 spiro atoms. The van der Waals surface area contributed by atoms with E-state index in [4.69, 9.17) is 9.84 Å². The van der Waals surface area contributed by atoms with E-state index < -0.39 is 6.10 Å². The first kappa shape index (κ1) is 16.6. The highest BCUT2D eigenvalue weighted by molar-refractivity contribution is 5.96. The van der Waals surface area contributed by atoms with Gasteiger partial charge in [0.15, 0.2) is 5.78 Å². The van der Waals surface area contributed by atoms with Crippen molar-refractivity contribution in [2.45, 2.75) is 32.4 Å². The van der Waals surface area contributed by atoms with Crippen LogP contribution < -0.4 is 10.1 Å². The molecule has 0 fully saturated rings. The smallest absolute Gasteiger partial charge is 0.163 e. The fourth-order valence-electron chi connectivity index (χ4n) is 1.86. The molecule has 0 saturated carbocycles. The zero-order valence-electron chi connectivity index (χ0n) is 12.1. The molecule has 2 atom stereocenters. The number of aliphatic hydroxyl groups is 2. The zero-order chi connectivity index (χ0) is 15.0. The maximum atomic E-state index is 11.4. The van der Waals surface area contributed by atoms with Gasteiger partial charge in [-0.15, -0.1) is 0 Å². The molecule has 0 aliphatic heterocycles. The van der Waals surface area contributed by atoms with Crippen LogP contribution in [0, 0.1) is 0 Å².